The lowest BCUT2D eigenvalue weighted by Gasteiger charge is -2.17. The Bertz CT molecular complexity index is 392. The quantitative estimate of drug-likeness (QED) is 0.780. The second-order valence-corrected chi connectivity index (χ2v) is 4.97. The molecule has 1 amide bonds. The van der Waals surface area contributed by atoms with Crippen molar-refractivity contribution in [2.75, 3.05) is 11.5 Å². The maximum absolute atomic E-state index is 12.0. The zero-order chi connectivity index (χ0) is 14.7. The summed E-state index contributed by atoms with van der Waals surface area (Å²) in [4.78, 5) is 12.0. The van der Waals surface area contributed by atoms with Crippen molar-refractivity contribution in [3.8, 4) is 0 Å². The molecule has 19 heavy (non-hydrogen) atoms. The van der Waals surface area contributed by atoms with Crippen LogP contribution in [0.3, 0.4) is 0 Å². The molecule has 0 aromatic rings. The Morgan fingerprint density at radius 1 is 1.42 bits per heavy atom. The van der Waals surface area contributed by atoms with Crippen molar-refractivity contribution in [1.29, 1.82) is 0 Å². The van der Waals surface area contributed by atoms with E-state index in [1.165, 1.54) is 5.57 Å². The number of hydrogen-bond acceptors (Lipinski definition) is 2. The Labute approximate surface area is 121 Å². The standard InChI is InChI=1S/C14H19NOS.C2H6/c1-4-6-7-12(5-2)15-14(16)13-10-17-9-8-11(13)3;1-2/h4-7H,2,8-10H2,1,3H3,(H,15,16);1-2H3/b6-4-,12-7+;. The van der Waals surface area contributed by atoms with Crippen molar-refractivity contribution >= 4 is 17.7 Å². The predicted molar refractivity (Wildman–Crippen MR) is 87.2 cm³/mol. The summed E-state index contributed by atoms with van der Waals surface area (Å²) >= 11 is 1.81. The molecule has 0 saturated heterocycles. The van der Waals surface area contributed by atoms with Crippen LogP contribution in [0, 0.1) is 0 Å². The van der Waals surface area contributed by atoms with Gasteiger partial charge in [-0.2, -0.15) is 11.8 Å². The zero-order valence-electron chi connectivity index (χ0n) is 12.5. The molecular weight excluding hydrogens is 254 g/mol. The number of amides is 1. The number of carbonyl (C=O) groups excluding carboxylic acids is 1. The van der Waals surface area contributed by atoms with Gasteiger partial charge in [-0.1, -0.05) is 38.2 Å². The molecule has 1 aliphatic rings. The van der Waals surface area contributed by atoms with Crippen LogP contribution in [0.5, 0.6) is 0 Å². The first kappa shape index (κ1) is 17.8. The molecule has 0 spiro atoms. The second-order valence-electron chi connectivity index (χ2n) is 3.87. The average Bonchev–Trinajstić information content (AvgIpc) is 2.45. The van der Waals surface area contributed by atoms with Crippen molar-refractivity contribution < 1.29 is 4.79 Å². The molecule has 0 aromatic heterocycles. The van der Waals surface area contributed by atoms with E-state index in [1.54, 1.807) is 6.08 Å². The highest BCUT2D eigenvalue weighted by molar-refractivity contribution is 7.99. The van der Waals surface area contributed by atoms with Crippen molar-refractivity contribution in [1.82, 2.24) is 5.32 Å². The third-order valence-electron chi connectivity index (χ3n) is 2.60. The lowest BCUT2D eigenvalue weighted by Crippen LogP contribution is -2.26. The van der Waals surface area contributed by atoms with Gasteiger partial charge in [0.15, 0.2) is 0 Å². The lowest BCUT2D eigenvalue weighted by atomic mass is 10.1. The Kier molecular flexibility index (Phi) is 9.99. The van der Waals surface area contributed by atoms with Crippen molar-refractivity contribution in [2.24, 2.45) is 0 Å². The van der Waals surface area contributed by atoms with Gasteiger partial charge in [-0.15, -0.1) is 0 Å². The average molecular weight is 279 g/mol. The molecule has 0 fully saturated rings. The molecule has 0 radical (unpaired) electrons. The monoisotopic (exact) mass is 279 g/mol. The van der Waals surface area contributed by atoms with E-state index in [0.717, 1.165) is 29.2 Å². The number of hydrogen-bond donors (Lipinski definition) is 1. The van der Waals surface area contributed by atoms with Gasteiger partial charge in [0.25, 0.3) is 5.91 Å². The molecule has 1 aliphatic heterocycles. The number of allylic oxidation sites excluding steroid dienone is 5. The van der Waals surface area contributed by atoms with Crippen LogP contribution in [0.25, 0.3) is 0 Å². The maximum Gasteiger partial charge on any atom is 0.252 e. The van der Waals surface area contributed by atoms with Gasteiger partial charge in [-0.3, -0.25) is 4.79 Å². The zero-order valence-corrected chi connectivity index (χ0v) is 13.3. The highest BCUT2D eigenvalue weighted by Gasteiger charge is 2.16. The Balaban J connectivity index is 0.00000154. The van der Waals surface area contributed by atoms with Crippen molar-refractivity contribution in [3.05, 3.63) is 47.7 Å². The van der Waals surface area contributed by atoms with Crippen LogP contribution in [0.4, 0.5) is 0 Å². The van der Waals surface area contributed by atoms with Crippen LogP contribution in [0.15, 0.2) is 47.7 Å². The predicted octanol–water partition coefficient (Wildman–Crippen LogP) is 4.23. The van der Waals surface area contributed by atoms with Crippen LogP contribution < -0.4 is 5.32 Å². The van der Waals surface area contributed by atoms with Crippen molar-refractivity contribution in [3.63, 3.8) is 0 Å². The minimum Gasteiger partial charge on any atom is -0.322 e. The van der Waals surface area contributed by atoms with Gasteiger partial charge in [0, 0.05) is 17.0 Å². The van der Waals surface area contributed by atoms with E-state index in [0.29, 0.717) is 0 Å². The molecule has 0 atom stereocenters. The van der Waals surface area contributed by atoms with Crippen LogP contribution in [0.1, 0.15) is 34.1 Å². The normalized spacial score (nSPS) is 15.9. The summed E-state index contributed by atoms with van der Waals surface area (Å²) in [5.41, 5.74) is 2.86. The SMILES string of the molecule is C=C/C(=C\C=C/C)NC(=O)C1=C(C)CCSC1.CC. The van der Waals surface area contributed by atoms with E-state index in [-0.39, 0.29) is 5.91 Å². The Hall–Kier alpha value is -1.22. The largest absolute Gasteiger partial charge is 0.322 e. The molecule has 1 rings (SSSR count). The number of nitrogens with one attached hydrogen (secondary N) is 1. The van der Waals surface area contributed by atoms with Gasteiger partial charge in [-0.05, 0) is 38.2 Å². The van der Waals surface area contributed by atoms with E-state index >= 15 is 0 Å². The molecule has 3 heteroatoms. The molecule has 106 valence electrons. The third-order valence-corrected chi connectivity index (χ3v) is 3.59. The molecule has 0 bridgehead atoms. The summed E-state index contributed by atoms with van der Waals surface area (Å²) in [6.45, 7) is 11.7. The first-order valence-corrected chi connectivity index (χ1v) is 7.87. The van der Waals surface area contributed by atoms with Gasteiger partial charge in [-0.25, -0.2) is 0 Å². The van der Waals surface area contributed by atoms with E-state index < -0.39 is 0 Å². The number of carbonyl (C=O) groups is 1. The van der Waals surface area contributed by atoms with Gasteiger partial charge in [0.2, 0.25) is 0 Å². The molecule has 0 saturated carbocycles. The Morgan fingerprint density at radius 2 is 2.11 bits per heavy atom. The summed E-state index contributed by atoms with van der Waals surface area (Å²) in [5, 5.41) is 2.88. The molecule has 0 aromatic carbocycles. The lowest BCUT2D eigenvalue weighted by molar-refractivity contribution is -0.116. The fraction of sp³-hybridized carbons (Fsp3) is 0.438. The van der Waals surface area contributed by atoms with Gasteiger partial charge >= 0.3 is 0 Å². The fourth-order valence-corrected chi connectivity index (χ4v) is 2.68. The first-order chi connectivity index (χ1) is 9.19. The highest BCUT2D eigenvalue weighted by atomic mass is 32.2. The minimum atomic E-state index is 0.00496. The molecule has 0 aliphatic carbocycles. The highest BCUT2D eigenvalue weighted by Crippen LogP contribution is 2.23. The smallest absolute Gasteiger partial charge is 0.252 e. The molecule has 1 heterocycles. The minimum absolute atomic E-state index is 0.00496. The van der Waals surface area contributed by atoms with Gasteiger partial charge in [0.05, 0.1) is 0 Å². The van der Waals surface area contributed by atoms with Gasteiger partial charge < -0.3 is 5.32 Å². The van der Waals surface area contributed by atoms with Crippen LogP contribution >= 0.6 is 11.8 Å². The second kappa shape index (κ2) is 10.7. The first-order valence-electron chi connectivity index (χ1n) is 6.72. The van der Waals surface area contributed by atoms with E-state index in [9.17, 15) is 4.79 Å². The third kappa shape index (κ3) is 6.48. The molecular formula is C16H25NOS. The van der Waals surface area contributed by atoms with E-state index in [4.69, 9.17) is 0 Å². The molecule has 0 unspecified atom stereocenters. The maximum atomic E-state index is 12.0. The van der Waals surface area contributed by atoms with Crippen LogP contribution in [0.2, 0.25) is 0 Å². The summed E-state index contributed by atoms with van der Waals surface area (Å²) in [6.07, 6.45) is 8.31. The Morgan fingerprint density at radius 3 is 2.63 bits per heavy atom. The topological polar surface area (TPSA) is 29.1 Å². The van der Waals surface area contributed by atoms with E-state index in [2.05, 4.69) is 11.9 Å². The van der Waals surface area contributed by atoms with Crippen LogP contribution in [-0.4, -0.2) is 17.4 Å². The van der Waals surface area contributed by atoms with Crippen LogP contribution in [-0.2, 0) is 4.79 Å². The molecule has 2 nitrogen and oxygen atoms in total. The van der Waals surface area contributed by atoms with Crippen molar-refractivity contribution in [2.45, 2.75) is 34.1 Å². The summed E-state index contributed by atoms with van der Waals surface area (Å²) < 4.78 is 0. The summed E-state index contributed by atoms with van der Waals surface area (Å²) in [5.74, 6) is 1.93. The number of rotatable bonds is 4. The number of thioether (sulfide) groups is 1. The van der Waals surface area contributed by atoms with Gasteiger partial charge in [0.1, 0.15) is 0 Å². The molecule has 1 N–H and O–H groups in total. The summed E-state index contributed by atoms with van der Waals surface area (Å²) in [7, 11) is 0. The summed E-state index contributed by atoms with van der Waals surface area (Å²) in [6, 6.07) is 0. The fourth-order valence-electron chi connectivity index (χ4n) is 1.50. The van der Waals surface area contributed by atoms with E-state index in [1.807, 2.05) is 57.7 Å².